The Morgan fingerprint density at radius 3 is 0.338 bits per heavy atom. The first-order valence-electron chi connectivity index (χ1n) is 17.9. The molecular weight excluding hydrogens is 1150 g/mol. The number of hydrogen-bond donors (Lipinski definition) is 18. The summed E-state index contributed by atoms with van der Waals surface area (Å²) in [6, 6.07) is 9.39. The second-order valence-corrected chi connectivity index (χ2v) is 12.9. The van der Waals surface area contributed by atoms with Crippen molar-refractivity contribution in [2.24, 2.45) is 0 Å². The van der Waals surface area contributed by atoms with Crippen LogP contribution >= 0.6 is 0 Å². The number of carbonyl (C=O) groups excluding carboxylic acids is 6. The Labute approximate surface area is 447 Å². The molecule has 0 bridgehead atoms. The number of benzene rings is 6. The van der Waals surface area contributed by atoms with Gasteiger partial charge in [-0.15, -0.1) is 0 Å². The SMILES string of the molecule is O=C([O-])c1cc(O)c(O)c(O)c1.O=C([O-])c1cc(O)c(O)c(O)c1.O=C([O-])c1cc(O)c(O)c(O)c1.O=C([O-])c1cc(O)c(O)c(O)c1.O=C([O-])c1cc(O)c(O)c(O)c1.O=C([O-])c1cc(O)c(O)c(O)c1.[Al+3].[La+3]. The van der Waals surface area contributed by atoms with Crippen LogP contribution in [0.5, 0.6) is 103 Å². The van der Waals surface area contributed by atoms with Gasteiger partial charge in [-0.2, -0.15) is 0 Å². The molecule has 6 aromatic carbocycles. The minimum Gasteiger partial charge on any atom is -0.545 e. The van der Waals surface area contributed by atoms with Crippen LogP contribution in [0.1, 0.15) is 62.1 Å². The number of carbonyl (C=O) groups is 6. The smallest absolute Gasteiger partial charge is 0.545 e. The van der Waals surface area contributed by atoms with Gasteiger partial charge in [-0.3, -0.25) is 0 Å². The van der Waals surface area contributed by atoms with Crippen LogP contribution in [0.2, 0.25) is 0 Å². The number of hydrogen-bond acceptors (Lipinski definition) is 30. The van der Waals surface area contributed by atoms with Gasteiger partial charge < -0.3 is 151 Å². The van der Waals surface area contributed by atoms with Gasteiger partial charge in [0.2, 0.25) is 0 Å². The van der Waals surface area contributed by atoms with Crippen molar-refractivity contribution < 1.29 is 187 Å². The Morgan fingerprint density at radius 1 is 0.216 bits per heavy atom. The van der Waals surface area contributed by atoms with Crippen LogP contribution < -0.4 is 30.6 Å². The Bertz CT molecular complexity index is 2380. The Hall–Kier alpha value is -9.73. The maximum atomic E-state index is 10.2. The normalized spacial score (nSPS) is 9.41. The molecule has 0 radical (unpaired) electrons. The summed E-state index contributed by atoms with van der Waals surface area (Å²) < 4.78 is 0. The van der Waals surface area contributed by atoms with Crippen molar-refractivity contribution in [2.45, 2.75) is 0 Å². The first kappa shape index (κ1) is 66.3. The Morgan fingerprint density at radius 2 is 0.284 bits per heavy atom. The molecule has 0 unspecified atom stereocenters. The second-order valence-electron chi connectivity index (χ2n) is 12.9. The van der Waals surface area contributed by atoms with E-state index in [2.05, 4.69) is 0 Å². The van der Waals surface area contributed by atoms with E-state index in [1.807, 2.05) is 0 Å². The van der Waals surface area contributed by atoms with Gasteiger partial charge in [0, 0.05) is 33.4 Å². The first-order chi connectivity index (χ1) is 33.1. The summed E-state index contributed by atoms with van der Waals surface area (Å²) in [4.78, 5) is 61.2. The zero-order valence-electron chi connectivity index (χ0n) is 36.0. The van der Waals surface area contributed by atoms with Crippen LogP contribution in [0, 0.1) is 35.6 Å². The van der Waals surface area contributed by atoms with E-state index < -0.39 is 173 Å². The van der Waals surface area contributed by atoms with Crippen molar-refractivity contribution in [3.8, 4) is 103 Å². The minimum atomic E-state index is -1.54. The number of rotatable bonds is 6. The molecule has 74 heavy (non-hydrogen) atoms. The summed E-state index contributed by atoms with van der Waals surface area (Å²) in [5.74, 6) is -22.1. The third-order valence-electron chi connectivity index (χ3n) is 7.83. The Kier molecular flexibility index (Phi) is 25.8. The zero-order chi connectivity index (χ0) is 55.8. The quantitative estimate of drug-likeness (QED) is 0.0547. The Balaban J connectivity index is 0. The van der Waals surface area contributed by atoms with Gasteiger partial charge >= 0.3 is 53.0 Å². The fourth-order valence-electron chi connectivity index (χ4n) is 4.33. The van der Waals surface area contributed by atoms with Crippen molar-refractivity contribution in [3.63, 3.8) is 0 Å². The molecule has 0 fully saturated rings. The molecule has 0 aliphatic heterocycles. The van der Waals surface area contributed by atoms with Crippen LogP contribution in [0.25, 0.3) is 0 Å². The largest absolute Gasteiger partial charge is 3.00 e. The molecule has 6 rings (SSSR count). The number of carboxylic acids is 6. The van der Waals surface area contributed by atoms with Crippen molar-refractivity contribution in [2.75, 3.05) is 0 Å². The second kappa shape index (κ2) is 28.8. The third-order valence-corrected chi connectivity index (χ3v) is 7.83. The molecule has 0 heterocycles. The van der Waals surface area contributed by atoms with Crippen LogP contribution in [-0.4, -0.2) is 145 Å². The molecular formula is C42H30AlLaO30. The summed E-state index contributed by atoms with van der Waals surface area (Å²) >= 11 is 0. The average molecular weight is 1180 g/mol. The zero-order valence-corrected chi connectivity index (χ0v) is 40.8. The number of aromatic hydroxyl groups is 18. The summed E-state index contributed by atoms with van der Waals surface area (Å²) in [6.07, 6.45) is 0. The minimum absolute atomic E-state index is 0. The predicted molar refractivity (Wildman–Crippen MR) is 220 cm³/mol. The predicted octanol–water partition coefficient (Wildman–Crippen LogP) is -5.38. The van der Waals surface area contributed by atoms with E-state index in [-0.39, 0.29) is 53.0 Å². The summed E-state index contributed by atoms with van der Waals surface area (Å²) in [5.41, 5.74) is -2.40. The summed E-state index contributed by atoms with van der Waals surface area (Å²) in [5, 5.41) is 220. The molecule has 384 valence electrons. The van der Waals surface area contributed by atoms with Gasteiger partial charge in [0.15, 0.2) is 103 Å². The molecule has 30 nitrogen and oxygen atoms in total. The first-order valence-corrected chi connectivity index (χ1v) is 17.9. The van der Waals surface area contributed by atoms with E-state index in [4.69, 9.17) is 91.9 Å². The standard InChI is InChI=1S/6C7H6O5.Al.La/c6*8-4-1-3(7(11)12)2-5(9)6(4)10;;/h6*1-2,8-10H,(H,11,12);;/q;;;;;;2*+3/p-6. The van der Waals surface area contributed by atoms with E-state index in [9.17, 15) is 59.4 Å². The molecule has 0 aliphatic rings. The molecule has 0 aromatic heterocycles. The molecule has 0 saturated heterocycles. The molecule has 0 saturated carbocycles. The third kappa shape index (κ3) is 19.2. The van der Waals surface area contributed by atoms with Crippen LogP contribution in [0.4, 0.5) is 0 Å². The van der Waals surface area contributed by atoms with Crippen LogP contribution in [0.15, 0.2) is 72.8 Å². The van der Waals surface area contributed by atoms with Gasteiger partial charge in [-0.1, -0.05) is 0 Å². The van der Waals surface area contributed by atoms with E-state index >= 15 is 0 Å². The van der Waals surface area contributed by atoms with Gasteiger partial charge in [0.25, 0.3) is 0 Å². The fraction of sp³-hybridized carbons (Fsp3) is 0. The van der Waals surface area contributed by atoms with E-state index in [0.29, 0.717) is 0 Å². The van der Waals surface area contributed by atoms with Crippen LogP contribution in [-0.2, 0) is 0 Å². The molecule has 0 atom stereocenters. The van der Waals surface area contributed by atoms with Crippen molar-refractivity contribution in [1.29, 1.82) is 0 Å². The summed E-state index contributed by atoms with van der Waals surface area (Å²) in [6.45, 7) is 0. The molecule has 0 amide bonds. The van der Waals surface area contributed by atoms with Crippen molar-refractivity contribution >= 4 is 53.2 Å². The van der Waals surface area contributed by atoms with Gasteiger partial charge in [-0.05, 0) is 72.8 Å². The molecule has 0 aliphatic carbocycles. The molecule has 0 spiro atoms. The fourth-order valence-corrected chi connectivity index (χ4v) is 4.33. The maximum absolute atomic E-state index is 10.2. The maximum Gasteiger partial charge on any atom is 3.00 e. The van der Waals surface area contributed by atoms with E-state index in [1.54, 1.807) is 0 Å². The van der Waals surface area contributed by atoms with Crippen molar-refractivity contribution in [1.82, 2.24) is 0 Å². The number of phenols is 18. The number of aromatic carboxylic acids is 6. The average Bonchev–Trinajstić information content (AvgIpc) is 3.29. The topological polar surface area (TPSA) is 605 Å². The monoisotopic (exact) mass is 1180 g/mol. The number of carboxylic acid groups (broad SMARTS) is 6. The van der Waals surface area contributed by atoms with Gasteiger partial charge in [0.05, 0.1) is 35.8 Å². The van der Waals surface area contributed by atoms with E-state index in [0.717, 1.165) is 72.8 Å². The van der Waals surface area contributed by atoms with Crippen LogP contribution in [0.3, 0.4) is 0 Å². The molecule has 6 aromatic rings. The number of phenolic OH excluding ortho intramolecular Hbond substituents is 18. The van der Waals surface area contributed by atoms with Crippen molar-refractivity contribution in [3.05, 3.63) is 106 Å². The molecule has 32 heteroatoms. The van der Waals surface area contributed by atoms with Gasteiger partial charge in [0.1, 0.15) is 0 Å². The van der Waals surface area contributed by atoms with E-state index in [1.165, 1.54) is 0 Å². The molecule has 18 N–H and O–H groups in total. The summed E-state index contributed by atoms with van der Waals surface area (Å²) in [7, 11) is 0. The van der Waals surface area contributed by atoms with Gasteiger partial charge in [-0.25, -0.2) is 0 Å².